The Kier molecular flexibility index (Phi) is 4.26. The van der Waals surface area contributed by atoms with Crippen LogP contribution in [0.25, 0.3) is 34.0 Å². The highest BCUT2D eigenvalue weighted by Gasteiger charge is 2.12. The monoisotopic (exact) mass is 369 g/mol. The number of nitrogens with one attached hydrogen (secondary N) is 1. The molecule has 0 saturated heterocycles. The first-order valence-corrected chi connectivity index (χ1v) is 8.56. The Morgan fingerprint density at radius 1 is 1.21 bits per heavy atom. The lowest BCUT2D eigenvalue weighted by Gasteiger charge is -2.04. The fourth-order valence-electron chi connectivity index (χ4n) is 3.02. The van der Waals surface area contributed by atoms with Gasteiger partial charge in [-0.3, -0.25) is 0 Å². The second kappa shape index (κ2) is 6.89. The normalized spacial score (nSPS) is 11.5. The minimum atomic E-state index is -0.970. The van der Waals surface area contributed by atoms with Crippen LogP contribution < -0.4 is 0 Å². The third-order valence-electron chi connectivity index (χ3n) is 4.42. The van der Waals surface area contributed by atoms with Crippen LogP contribution in [-0.2, 0) is 0 Å². The molecule has 4 aromatic rings. The number of imidazole rings is 1. The highest BCUT2D eigenvalue weighted by atomic mass is 16.4. The van der Waals surface area contributed by atoms with Gasteiger partial charge in [0.15, 0.2) is 0 Å². The second-order valence-electron chi connectivity index (χ2n) is 6.31. The summed E-state index contributed by atoms with van der Waals surface area (Å²) in [5.41, 5.74) is 3.81. The number of rotatable bonds is 4. The van der Waals surface area contributed by atoms with Gasteiger partial charge in [-0.25, -0.2) is 9.78 Å². The van der Waals surface area contributed by atoms with Crippen LogP contribution in [0.3, 0.4) is 0 Å². The van der Waals surface area contributed by atoms with Crippen LogP contribution in [0.2, 0.25) is 0 Å². The van der Waals surface area contributed by atoms with Gasteiger partial charge in [0, 0.05) is 11.6 Å². The summed E-state index contributed by atoms with van der Waals surface area (Å²) in [5, 5.41) is 18.6. The van der Waals surface area contributed by atoms with Gasteiger partial charge in [0.2, 0.25) is 0 Å². The molecule has 0 bridgehead atoms. The van der Waals surface area contributed by atoms with Gasteiger partial charge in [-0.15, -0.1) is 0 Å². The zero-order valence-corrected chi connectivity index (χ0v) is 14.9. The molecular weight excluding hydrogens is 354 g/mol. The standard InChI is InChI=1S/C22H15N3O3/c1-13-10-14(22(26)27)6-8-17(13)20-9-7-16(28-20)11-15(12-23)21-24-18-4-2-3-5-19(18)25-21/h2-11H,1H3,(H,24,25)(H,26,27)/b15-11-. The molecule has 6 heteroatoms. The zero-order valence-electron chi connectivity index (χ0n) is 14.9. The molecule has 136 valence electrons. The number of carbonyl (C=O) groups is 1. The number of aromatic amines is 1. The number of carboxylic acid groups (broad SMARTS) is 1. The van der Waals surface area contributed by atoms with Crippen molar-refractivity contribution in [3.63, 3.8) is 0 Å². The van der Waals surface area contributed by atoms with Crippen molar-refractivity contribution in [2.75, 3.05) is 0 Å². The molecule has 0 fully saturated rings. The van der Waals surface area contributed by atoms with Gasteiger partial charge >= 0.3 is 5.97 Å². The van der Waals surface area contributed by atoms with E-state index in [1.807, 2.05) is 31.2 Å². The number of benzene rings is 2. The topological polar surface area (TPSA) is 103 Å². The number of para-hydroxylation sites is 2. The molecule has 2 heterocycles. The Morgan fingerprint density at radius 3 is 2.75 bits per heavy atom. The van der Waals surface area contributed by atoms with E-state index in [0.29, 0.717) is 22.9 Å². The van der Waals surface area contributed by atoms with E-state index < -0.39 is 5.97 Å². The number of nitrogens with zero attached hydrogens (tertiary/aromatic N) is 2. The summed E-state index contributed by atoms with van der Waals surface area (Å²) in [5.74, 6) is 0.613. The number of allylic oxidation sites excluding steroid dienone is 1. The highest BCUT2D eigenvalue weighted by molar-refractivity contribution is 5.90. The van der Waals surface area contributed by atoms with Crippen LogP contribution in [0.1, 0.15) is 27.5 Å². The molecule has 0 radical (unpaired) electrons. The predicted octanol–water partition coefficient (Wildman–Crippen LogP) is 4.89. The van der Waals surface area contributed by atoms with E-state index in [9.17, 15) is 10.1 Å². The van der Waals surface area contributed by atoms with Gasteiger partial charge in [-0.2, -0.15) is 5.26 Å². The number of fused-ring (bicyclic) bond motifs is 1. The van der Waals surface area contributed by atoms with Crippen LogP contribution in [0.5, 0.6) is 0 Å². The molecule has 0 unspecified atom stereocenters. The number of nitriles is 1. The number of aromatic nitrogens is 2. The average Bonchev–Trinajstić information content (AvgIpc) is 3.32. The minimum Gasteiger partial charge on any atom is -0.478 e. The average molecular weight is 369 g/mol. The molecule has 0 aliphatic heterocycles. The van der Waals surface area contributed by atoms with E-state index in [2.05, 4.69) is 16.0 Å². The number of furan rings is 1. The first-order valence-electron chi connectivity index (χ1n) is 8.56. The molecule has 4 rings (SSSR count). The van der Waals surface area contributed by atoms with E-state index in [1.54, 1.807) is 30.3 Å². The molecule has 0 saturated carbocycles. The van der Waals surface area contributed by atoms with Crippen LogP contribution in [0.15, 0.2) is 59.0 Å². The lowest BCUT2D eigenvalue weighted by Crippen LogP contribution is -1.96. The van der Waals surface area contributed by atoms with Crippen molar-refractivity contribution in [2.24, 2.45) is 0 Å². The largest absolute Gasteiger partial charge is 0.478 e. The van der Waals surface area contributed by atoms with Gasteiger partial charge in [0.1, 0.15) is 23.4 Å². The van der Waals surface area contributed by atoms with Gasteiger partial charge in [-0.1, -0.05) is 18.2 Å². The second-order valence-corrected chi connectivity index (χ2v) is 6.31. The van der Waals surface area contributed by atoms with E-state index in [4.69, 9.17) is 9.52 Å². The van der Waals surface area contributed by atoms with Gasteiger partial charge in [0.25, 0.3) is 0 Å². The van der Waals surface area contributed by atoms with Crippen LogP contribution >= 0.6 is 0 Å². The molecular formula is C22H15N3O3. The summed E-state index contributed by atoms with van der Waals surface area (Å²) < 4.78 is 5.86. The third kappa shape index (κ3) is 3.17. The van der Waals surface area contributed by atoms with E-state index >= 15 is 0 Å². The fourth-order valence-corrected chi connectivity index (χ4v) is 3.02. The lowest BCUT2D eigenvalue weighted by atomic mass is 10.0. The van der Waals surface area contributed by atoms with Crippen molar-refractivity contribution in [2.45, 2.75) is 6.92 Å². The fraction of sp³-hybridized carbons (Fsp3) is 0.0455. The van der Waals surface area contributed by atoms with Crippen LogP contribution in [-0.4, -0.2) is 21.0 Å². The molecule has 0 amide bonds. The van der Waals surface area contributed by atoms with Gasteiger partial charge in [-0.05, 0) is 48.9 Å². The quantitative estimate of drug-likeness (QED) is 0.498. The van der Waals surface area contributed by atoms with Crippen molar-refractivity contribution in [1.82, 2.24) is 9.97 Å². The summed E-state index contributed by atoms with van der Waals surface area (Å²) in [4.78, 5) is 18.7. The number of carboxylic acids is 1. The van der Waals surface area contributed by atoms with Gasteiger partial charge in [0.05, 0.1) is 22.2 Å². The third-order valence-corrected chi connectivity index (χ3v) is 4.42. The first-order chi connectivity index (χ1) is 13.5. The summed E-state index contributed by atoms with van der Waals surface area (Å²) in [6, 6.07) is 18.1. The zero-order chi connectivity index (χ0) is 19.7. The molecule has 0 atom stereocenters. The van der Waals surface area contributed by atoms with E-state index in [1.165, 1.54) is 6.07 Å². The SMILES string of the molecule is Cc1cc(C(=O)O)ccc1-c1ccc(/C=C(/C#N)c2nc3ccccc3[nH]2)o1. The van der Waals surface area contributed by atoms with Crippen LogP contribution in [0.4, 0.5) is 0 Å². The summed E-state index contributed by atoms with van der Waals surface area (Å²) in [6.07, 6.45) is 1.63. The number of hydrogen-bond acceptors (Lipinski definition) is 4. The number of aromatic carboxylic acids is 1. The molecule has 6 nitrogen and oxygen atoms in total. The molecule has 0 spiro atoms. The molecule has 2 aromatic carbocycles. The van der Waals surface area contributed by atoms with Crippen molar-refractivity contribution >= 4 is 28.7 Å². The summed E-state index contributed by atoms with van der Waals surface area (Å²) >= 11 is 0. The molecule has 28 heavy (non-hydrogen) atoms. The molecule has 0 aliphatic rings. The van der Waals surface area contributed by atoms with Crippen molar-refractivity contribution < 1.29 is 14.3 Å². The predicted molar refractivity (Wildman–Crippen MR) is 105 cm³/mol. The smallest absolute Gasteiger partial charge is 0.335 e. The maximum Gasteiger partial charge on any atom is 0.335 e. The molecule has 2 aromatic heterocycles. The first kappa shape index (κ1) is 17.3. The van der Waals surface area contributed by atoms with E-state index in [-0.39, 0.29) is 5.56 Å². The highest BCUT2D eigenvalue weighted by Crippen LogP contribution is 2.28. The Morgan fingerprint density at radius 2 is 2.04 bits per heavy atom. The lowest BCUT2D eigenvalue weighted by molar-refractivity contribution is 0.0697. The number of hydrogen-bond donors (Lipinski definition) is 2. The Bertz CT molecular complexity index is 1240. The number of H-pyrrole nitrogens is 1. The van der Waals surface area contributed by atoms with Crippen molar-refractivity contribution in [3.8, 4) is 17.4 Å². The molecule has 0 aliphatic carbocycles. The van der Waals surface area contributed by atoms with E-state index in [0.717, 1.165) is 22.2 Å². The maximum absolute atomic E-state index is 11.1. The van der Waals surface area contributed by atoms with Gasteiger partial charge < -0.3 is 14.5 Å². The maximum atomic E-state index is 11.1. The van der Waals surface area contributed by atoms with Crippen LogP contribution in [0, 0.1) is 18.3 Å². The van der Waals surface area contributed by atoms with Crippen molar-refractivity contribution in [3.05, 3.63) is 77.3 Å². The number of aryl methyl sites for hydroxylation is 1. The Labute approximate surface area is 160 Å². The molecule has 2 N–H and O–H groups in total. The Hall–Kier alpha value is -4.11. The minimum absolute atomic E-state index is 0.226. The summed E-state index contributed by atoms with van der Waals surface area (Å²) in [7, 11) is 0. The van der Waals surface area contributed by atoms with Crippen molar-refractivity contribution in [1.29, 1.82) is 5.26 Å². The Balaban J connectivity index is 1.68. The summed E-state index contributed by atoms with van der Waals surface area (Å²) in [6.45, 7) is 1.83.